The van der Waals surface area contributed by atoms with Crippen LogP contribution in [0.2, 0.25) is 10.0 Å². The number of hydrogen-bond donors (Lipinski definition) is 0. The first kappa shape index (κ1) is 22.8. The normalized spacial score (nSPS) is 14.1. The Hall–Kier alpha value is -3.00. The maximum atomic E-state index is 14.0. The van der Waals surface area contributed by atoms with Crippen molar-refractivity contribution in [2.75, 3.05) is 6.73 Å². The molecule has 1 aliphatic heterocycles. The number of hydrogen-bond acceptors (Lipinski definition) is 4. The van der Waals surface area contributed by atoms with Crippen molar-refractivity contribution in [2.45, 2.75) is 19.3 Å². The molecule has 1 aromatic heterocycles. The lowest BCUT2D eigenvalue weighted by Gasteiger charge is -2.29. The molecule has 34 heavy (non-hydrogen) atoms. The molecule has 4 aromatic rings. The number of ether oxygens (including phenoxy) is 1. The summed E-state index contributed by atoms with van der Waals surface area (Å²) < 4.78 is 53.3. The van der Waals surface area contributed by atoms with Gasteiger partial charge < -0.3 is 9.15 Å². The van der Waals surface area contributed by atoms with Crippen LogP contribution in [0.25, 0.3) is 22.1 Å². The minimum absolute atomic E-state index is 0.0497. The molecule has 0 bridgehead atoms. The quantitative estimate of drug-likeness (QED) is 0.296. The van der Waals surface area contributed by atoms with E-state index in [9.17, 15) is 18.0 Å². The number of rotatable bonds is 3. The molecule has 2 heterocycles. The van der Waals surface area contributed by atoms with Crippen LogP contribution < -0.4 is 10.2 Å². The van der Waals surface area contributed by atoms with Crippen LogP contribution >= 0.6 is 23.2 Å². The van der Waals surface area contributed by atoms with Gasteiger partial charge in [0.15, 0.2) is 0 Å². The Kier molecular flexibility index (Phi) is 5.80. The van der Waals surface area contributed by atoms with E-state index in [0.717, 1.165) is 5.56 Å². The Balaban J connectivity index is 1.63. The van der Waals surface area contributed by atoms with E-state index in [0.29, 0.717) is 27.9 Å². The van der Waals surface area contributed by atoms with Gasteiger partial charge in [-0.15, -0.1) is 0 Å². The standard InChI is InChI=1S/C25H16Cl2F3NO3/c26-16-5-1-14(2-6-16)11-31-12-19-20(33-13-31)10-9-18-22(32)21(15-3-7-17(27)8-4-15)24(25(28,29)30)34-23(18)19/h1-10H,11-13H2. The van der Waals surface area contributed by atoms with E-state index in [1.165, 1.54) is 30.3 Å². The van der Waals surface area contributed by atoms with Crippen molar-refractivity contribution in [3.63, 3.8) is 0 Å². The topological polar surface area (TPSA) is 42.7 Å². The van der Waals surface area contributed by atoms with Gasteiger partial charge in [-0.3, -0.25) is 9.69 Å². The van der Waals surface area contributed by atoms with Crippen LogP contribution in [0.15, 0.2) is 69.9 Å². The minimum atomic E-state index is -4.89. The molecule has 0 radical (unpaired) electrons. The summed E-state index contributed by atoms with van der Waals surface area (Å²) in [5.41, 5.74) is -0.0268. The number of halogens is 5. The highest BCUT2D eigenvalue weighted by atomic mass is 35.5. The van der Waals surface area contributed by atoms with E-state index in [1.54, 1.807) is 18.2 Å². The molecule has 0 N–H and O–H groups in total. The second-order valence-electron chi connectivity index (χ2n) is 7.95. The molecule has 174 valence electrons. The van der Waals surface area contributed by atoms with Gasteiger partial charge in [-0.2, -0.15) is 13.2 Å². The van der Waals surface area contributed by atoms with E-state index < -0.39 is 22.9 Å². The second kappa shape index (κ2) is 8.65. The van der Waals surface area contributed by atoms with Gasteiger partial charge in [0.25, 0.3) is 0 Å². The summed E-state index contributed by atoms with van der Waals surface area (Å²) in [4.78, 5) is 15.2. The van der Waals surface area contributed by atoms with Crippen molar-refractivity contribution in [1.29, 1.82) is 0 Å². The van der Waals surface area contributed by atoms with Gasteiger partial charge in [-0.1, -0.05) is 47.5 Å². The maximum absolute atomic E-state index is 14.0. The van der Waals surface area contributed by atoms with E-state index in [4.69, 9.17) is 32.4 Å². The highest BCUT2D eigenvalue weighted by Crippen LogP contribution is 2.40. The third-order valence-electron chi connectivity index (χ3n) is 5.61. The molecule has 5 rings (SSSR count). The van der Waals surface area contributed by atoms with E-state index in [-0.39, 0.29) is 29.8 Å². The van der Waals surface area contributed by atoms with Crippen LogP contribution in [-0.2, 0) is 19.3 Å². The SMILES string of the molecule is O=c1c(-c2ccc(Cl)cc2)c(C(F)(F)F)oc2c3c(ccc12)OCN(Cc1ccc(Cl)cc1)C3. The molecule has 1 aliphatic rings. The summed E-state index contributed by atoms with van der Waals surface area (Å²) >= 11 is 11.8. The maximum Gasteiger partial charge on any atom is 0.450 e. The van der Waals surface area contributed by atoms with Crippen LogP contribution in [0, 0.1) is 0 Å². The van der Waals surface area contributed by atoms with Gasteiger partial charge >= 0.3 is 6.18 Å². The highest BCUT2D eigenvalue weighted by molar-refractivity contribution is 6.30. The third kappa shape index (κ3) is 4.27. The zero-order valence-corrected chi connectivity index (χ0v) is 19.0. The van der Waals surface area contributed by atoms with Gasteiger partial charge in [0.1, 0.15) is 18.1 Å². The summed E-state index contributed by atoms with van der Waals surface area (Å²) in [5, 5.41) is 0.996. The van der Waals surface area contributed by atoms with Gasteiger partial charge in [0, 0.05) is 23.1 Å². The minimum Gasteiger partial charge on any atom is -0.478 e. The zero-order chi connectivity index (χ0) is 24.0. The van der Waals surface area contributed by atoms with Crippen molar-refractivity contribution >= 4 is 34.2 Å². The second-order valence-corrected chi connectivity index (χ2v) is 8.82. The Labute approximate surface area is 202 Å². The van der Waals surface area contributed by atoms with Crippen LogP contribution in [0.3, 0.4) is 0 Å². The first-order valence-corrected chi connectivity index (χ1v) is 11.0. The van der Waals surface area contributed by atoms with Crippen molar-refractivity contribution in [3.8, 4) is 16.9 Å². The number of benzene rings is 3. The number of nitrogens with zero attached hydrogens (tertiary/aromatic N) is 1. The van der Waals surface area contributed by atoms with E-state index in [1.807, 2.05) is 17.0 Å². The molecule has 0 unspecified atom stereocenters. The predicted molar refractivity (Wildman–Crippen MR) is 124 cm³/mol. The van der Waals surface area contributed by atoms with Gasteiger partial charge in [0.05, 0.1) is 16.5 Å². The monoisotopic (exact) mass is 505 g/mol. The Morgan fingerprint density at radius 3 is 2.21 bits per heavy atom. The fourth-order valence-corrected chi connectivity index (χ4v) is 4.29. The van der Waals surface area contributed by atoms with Gasteiger partial charge in [-0.25, -0.2) is 0 Å². The lowest BCUT2D eigenvalue weighted by Crippen LogP contribution is -2.32. The zero-order valence-electron chi connectivity index (χ0n) is 17.5. The third-order valence-corrected chi connectivity index (χ3v) is 6.12. The van der Waals surface area contributed by atoms with Crippen molar-refractivity contribution in [3.05, 3.63) is 97.8 Å². The molecule has 0 atom stereocenters. The molecule has 0 saturated carbocycles. The van der Waals surface area contributed by atoms with Crippen molar-refractivity contribution in [2.24, 2.45) is 0 Å². The molecule has 3 aromatic carbocycles. The Morgan fingerprint density at radius 1 is 0.912 bits per heavy atom. The fraction of sp³-hybridized carbons (Fsp3) is 0.160. The van der Waals surface area contributed by atoms with Crippen molar-refractivity contribution in [1.82, 2.24) is 4.90 Å². The van der Waals surface area contributed by atoms with Gasteiger partial charge in [0.2, 0.25) is 11.2 Å². The average molecular weight is 506 g/mol. The molecule has 0 amide bonds. The van der Waals surface area contributed by atoms with Crippen LogP contribution in [0.1, 0.15) is 16.9 Å². The molecular formula is C25H16Cl2F3NO3. The lowest BCUT2D eigenvalue weighted by atomic mass is 10.00. The summed E-state index contributed by atoms with van der Waals surface area (Å²) in [5.74, 6) is -0.967. The fourth-order valence-electron chi connectivity index (χ4n) is 4.04. The summed E-state index contributed by atoms with van der Waals surface area (Å²) in [6, 6.07) is 15.9. The average Bonchev–Trinajstić information content (AvgIpc) is 2.80. The van der Waals surface area contributed by atoms with Crippen LogP contribution in [0.5, 0.6) is 5.75 Å². The Bertz CT molecular complexity index is 1430. The molecule has 0 fully saturated rings. The first-order chi connectivity index (χ1) is 16.2. The summed E-state index contributed by atoms with van der Waals surface area (Å²) in [6.45, 7) is 0.961. The van der Waals surface area contributed by atoms with E-state index in [2.05, 4.69) is 0 Å². The smallest absolute Gasteiger partial charge is 0.450 e. The summed E-state index contributed by atoms with van der Waals surface area (Å²) in [6.07, 6.45) is -4.89. The van der Waals surface area contributed by atoms with Crippen LogP contribution in [-0.4, -0.2) is 11.6 Å². The molecule has 9 heteroatoms. The molecule has 0 aliphatic carbocycles. The summed E-state index contributed by atoms with van der Waals surface area (Å²) in [7, 11) is 0. The molecule has 0 saturated heterocycles. The molecule has 4 nitrogen and oxygen atoms in total. The first-order valence-electron chi connectivity index (χ1n) is 10.3. The van der Waals surface area contributed by atoms with E-state index >= 15 is 0 Å². The van der Waals surface area contributed by atoms with Crippen molar-refractivity contribution < 1.29 is 22.3 Å². The number of alkyl halides is 3. The van der Waals surface area contributed by atoms with Gasteiger partial charge in [-0.05, 0) is 47.5 Å². The molecular weight excluding hydrogens is 490 g/mol. The predicted octanol–water partition coefficient (Wildman–Crippen LogP) is 7.14. The van der Waals surface area contributed by atoms with Crippen LogP contribution in [0.4, 0.5) is 13.2 Å². The lowest BCUT2D eigenvalue weighted by molar-refractivity contribution is -0.152. The Morgan fingerprint density at radius 2 is 1.56 bits per heavy atom. The largest absolute Gasteiger partial charge is 0.478 e. The molecule has 0 spiro atoms. The highest BCUT2D eigenvalue weighted by Gasteiger charge is 2.40. The number of fused-ring (bicyclic) bond motifs is 3.